The number of carbonyl (C=O) groups is 3. The topological polar surface area (TPSA) is 95.9 Å². The zero-order valence-corrected chi connectivity index (χ0v) is 19.8. The molecular weight excluding hydrogens is 432 g/mol. The molecule has 2 amide bonds. The Morgan fingerprint density at radius 1 is 1.03 bits per heavy atom. The van der Waals surface area contributed by atoms with Crippen LogP contribution < -0.4 is 5.32 Å². The van der Waals surface area contributed by atoms with Crippen molar-refractivity contribution < 1.29 is 24.2 Å². The number of aliphatic carboxylic acids is 1. The van der Waals surface area contributed by atoms with E-state index in [2.05, 4.69) is 29.6 Å². The second-order valence-corrected chi connectivity index (χ2v) is 9.44. The first kappa shape index (κ1) is 23.8. The first-order valence-electron chi connectivity index (χ1n) is 11.9. The van der Waals surface area contributed by atoms with Crippen LogP contribution in [0, 0.1) is 0 Å². The van der Waals surface area contributed by atoms with Gasteiger partial charge in [0.05, 0.1) is 12.0 Å². The molecule has 0 bridgehead atoms. The van der Waals surface area contributed by atoms with E-state index in [0.717, 1.165) is 41.5 Å². The summed E-state index contributed by atoms with van der Waals surface area (Å²) in [7, 11) is 1.65. The van der Waals surface area contributed by atoms with Gasteiger partial charge < -0.3 is 20.1 Å². The molecule has 2 aliphatic carbocycles. The van der Waals surface area contributed by atoms with Gasteiger partial charge in [-0.15, -0.1) is 0 Å². The molecule has 180 valence electrons. The van der Waals surface area contributed by atoms with E-state index in [-0.39, 0.29) is 24.9 Å². The molecule has 1 saturated carbocycles. The Balaban J connectivity index is 1.39. The molecule has 4 rings (SSSR count). The van der Waals surface area contributed by atoms with Crippen LogP contribution in [0.5, 0.6) is 0 Å². The number of carboxylic acids is 1. The van der Waals surface area contributed by atoms with Gasteiger partial charge in [-0.3, -0.25) is 9.59 Å². The number of ether oxygens (including phenoxy) is 1. The monoisotopic (exact) mass is 464 g/mol. The lowest BCUT2D eigenvalue weighted by atomic mass is 9.78. The van der Waals surface area contributed by atoms with E-state index in [9.17, 15) is 19.5 Å². The standard InChI is InChI=1S/C27H32N2O5/c1-18(25(32)29(2)27(16-24(30)31)14-8-3-9-15-27)28-26(33)34-17-23-21-12-6-4-10-19(21)20-11-5-7-13-22(20)23/h4-7,10-13,18,23H,3,8-9,14-17H2,1-2H3,(H,28,33)(H,30,31). The minimum atomic E-state index is -0.918. The van der Waals surface area contributed by atoms with E-state index in [0.29, 0.717) is 12.8 Å². The third kappa shape index (κ3) is 4.65. The van der Waals surface area contributed by atoms with E-state index in [4.69, 9.17) is 4.74 Å². The predicted molar refractivity (Wildman–Crippen MR) is 129 cm³/mol. The first-order chi connectivity index (χ1) is 16.3. The van der Waals surface area contributed by atoms with Gasteiger partial charge in [0.2, 0.25) is 5.91 Å². The number of rotatable bonds is 7. The first-order valence-corrected chi connectivity index (χ1v) is 11.9. The number of amides is 2. The van der Waals surface area contributed by atoms with Gasteiger partial charge in [0.15, 0.2) is 0 Å². The van der Waals surface area contributed by atoms with Crippen LogP contribution in [0.3, 0.4) is 0 Å². The number of carboxylic acid groups (broad SMARTS) is 1. The number of hydrogen-bond acceptors (Lipinski definition) is 4. The average Bonchev–Trinajstić information content (AvgIpc) is 3.15. The third-order valence-corrected chi connectivity index (χ3v) is 7.36. The Morgan fingerprint density at radius 2 is 1.59 bits per heavy atom. The molecule has 0 spiro atoms. The Morgan fingerprint density at radius 3 is 2.15 bits per heavy atom. The third-order valence-electron chi connectivity index (χ3n) is 7.36. The highest BCUT2D eigenvalue weighted by molar-refractivity contribution is 5.86. The second kappa shape index (κ2) is 9.87. The minimum Gasteiger partial charge on any atom is -0.481 e. The van der Waals surface area contributed by atoms with Gasteiger partial charge in [-0.25, -0.2) is 4.79 Å². The zero-order chi connectivity index (χ0) is 24.3. The van der Waals surface area contributed by atoms with Crippen molar-refractivity contribution in [2.24, 2.45) is 0 Å². The Hall–Kier alpha value is -3.35. The molecule has 2 aromatic carbocycles. The molecule has 1 atom stereocenters. The van der Waals surface area contributed by atoms with Crippen molar-refractivity contribution in [3.05, 3.63) is 59.7 Å². The van der Waals surface area contributed by atoms with Gasteiger partial charge in [-0.05, 0) is 42.0 Å². The van der Waals surface area contributed by atoms with Gasteiger partial charge in [-0.2, -0.15) is 0 Å². The van der Waals surface area contributed by atoms with Crippen LogP contribution in [0.15, 0.2) is 48.5 Å². The number of likely N-dealkylation sites (N-methyl/N-ethyl adjacent to an activating group) is 1. The zero-order valence-electron chi connectivity index (χ0n) is 19.8. The normalized spacial score (nSPS) is 17.2. The van der Waals surface area contributed by atoms with Gasteiger partial charge >= 0.3 is 12.1 Å². The van der Waals surface area contributed by atoms with Crippen LogP contribution in [0.1, 0.15) is 62.5 Å². The molecule has 0 aliphatic heterocycles. The summed E-state index contributed by atoms with van der Waals surface area (Å²) >= 11 is 0. The van der Waals surface area contributed by atoms with Crippen molar-refractivity contribution in [1.29, 1.82) is 0 Å². The Bertz CT molecular complexity index is 1030. The van der Waals surface area contributed by atoms with Crippen LogP contribution in [0.2, 0.25) is 0 Å². The highest BCUT2D eigenvalue weighted by Gasteiger charge is 2.41. The smallest absolute Gasteiger partial charge is 0.407 e. The molecule has 7 nitrogen and oxygen atoms in total. The van der Waals surface area contributed by atoms with E-state index in [1.807, 2.05) is 24.3 Å². The molecule has 2 aromatic rings. The van der Waals surface area contributed by atoms with Crippen molar-refractivity contribution in [1.82, 2.24) is 10.2 Å². The quantitative estimate of drug-likeness (QED) is 0.627. The van der Waals surface area contributed by atoms with Crippen LogP contribution in [0.4, 0.5) is 4.79 Å². The molecule has 0 aromatic heterocycles. The SMILES string of the molecule is CC(NC(=O)OCC1c2ccccc2-c2ccccc21)C(=O)N(C)C1(CC(=O)O)CCCCC1. The fraction of sp³-hybridized carbons (Fsp3) is 0.444. The summed E-state index contributed by atoms with van der Waals surface area (Å²) in [5, 5.41) is 12.1. The average molecular weight is 465 g/mol. The lowest BCUT2D eigenvalue weighted by molar-refractivity contribution is -0.146. The molecule has 34 heavy (non-hydrogen) atoms. The fourth-order valence-corrected chi connectivity index (χ4v) is 5.52. The summed E-state index contributed by atoms with van der Waals surface area (Å²) in [5.74, 6) is -1.29. The van der Waals surface area contributed by atoms with Crippen LogP contribution in [-0.2, 0) is 14.3 Å². The van der Waals surface area contributed by atoms with E-state index >= 15 is 0 Å². The summed E-state index contributed by atoms with van der Waals surface area (Å²) in [6.45, 7) is 1.77. The predicted octanol–water partition coefficient (Wildman–Crippen LogP) is 4.55. The van der Waals surface area contributed by atoms with Gasteiger partial charge in [0, 0.05) is 13.0 Å². The second-order valence-electron chi connectivity index (χ2n) is 9.44. The number of carbonyl (C=O) groups excluding carboxylic acids is 2. The summed E-state index contributed by atoms with van der Waals surface area (Å²) in [5.41, 5.74) is 3.82. The number of fused-ring (bicyclic) bond motifs is 3. The van der Waals surface area contributed by atoms with Gasteiger partial charge in [0.1, 0.15) is 12.6 Å². The van der Waals surface area contributed by atoms with Gasteiger partial charge in [0.25, 0.3) is 0 Å². The van der Waals surface area contributed by atoms with Crippen LogP contribution >= 0.6 is 0 Å². The Labute approximate surface area is 200 Å². The van der Waals surface area contributed by atoms with E-state index in [1.165, 1.54) is 4.90 Å². The van der Waals surface area contributed by atoms with Crippen molar-refractivity contribution in [2.45, 2.75) is 62.9 Å². The van der Waals surface area contributed by atoms with Crippen LogP contribution in [0.25, 0.3) is 11.1 Å². The lowest BCUT2D eigenvalue weighted by Crippen LogP contribution is -2.57. The fourth-order valence-electron chi connectivity index (χ4n) is 5.52. The highest BCUT2D eigenvalue weighted by atomic mass is 16.5. The highest BCUT2D eigenvalue weighted by Crippen LogP contribution is 2.44. The molecule has 1 fully saturated rings. The number of alkyl carbamates (subject to hydrolysis) is 1. The van der Waals surface area contributed by atoms with E-state index < -0.39 is 23.6 Å². The number of benzene rings is 2. The largest absolute Gasteiger partial charge is 0.481 e. The van der Waals surface area contributed by atoms with Crippen molar-refractivity contribution >= 4 is 18.0 Å². The molecule has 2 aliphatic rings. The van der Waals surface area contributed by atoms with Gasteiger partial charge in [-0.1, -0.05) is 67.8 Å². The minimum absolute atomic E-state index is 0.0621. The number of nitrogens with zero attached hydrogens (tertiary/aromatic N) is 1. The van der Waals surface area contributed by atoms with E-state index in [1.54, 1.807) is 14.0 Å². The molecule has 0 saturated heterocycles. The maximum absolute atomic E-state index is 13.1. The Kier molecular flexibility index (Phi) is 6.91. The maximum Gasteiger partial charge on any atom is 0.407 e. The molecular formula is C27H32N2O5. The number of nitrogens with one attached hydrogen (secondary N) is 1. The van der Waals surface area contributed by atoms with Crippen LogP contribution in [-0.4, -0.2) is 53.2 Å². The molecule has 2 N–H and O–H groups in total. The van der Waals surface area contributed by atoms with Crippen molar-refractivity contribution in [2.75, 3.05) is 13.7 Å². The lowest BCUT2D eigenvalue weighted by Gasteiger charge is -2.44. The summed E-state index contributed by atoms with van der Waals surface area (Å²) in [6.07, 6.45) is 3.37. The summed E-state index contributed by atoms with van der Waals surface area (Å²) in [4.78, 5) is 38.8. The van der Waals surface area contributed by atoms with Crippen molar-refractivity contribution in [3.8, 4) is 11.1 Å². The number of hydrogen-bond donors (Lipinski definition) is 2. The summed E-state index contributed by atoms with van der Waals surface area (Å²) in [6, 6.07) is 15.4. The molecule has 0 radical (unpaired) electrons. The molecule has 1 unspecified atom stereocenters. The van der Waals surface area contributed by atoms with Crippen molar-refractivity contribution in [3.63, 3.8) is 0 Å². The maximum atomic E-state index is 13.1. The summed E-state index contributed by atoms with van der Waals surface area (Å²) < 4.78 is 5.56. The molecule has 0 heterocycles. The molecule has 7 heteroatoms.